The third kappa shape index (κ3) is 2.59. The summed E-state index contributed by atoms with van der Waals surface area (Å²) >= 11 is 0. The Morgan fingerprint density at radius 2 is 1.88 bits per heavy atom. The molecule has 1 aliphatic rings. The van der Waals surface area contributed by atoms with E-state index in [0.29, 0.717) is 11.5 Å². The van der Waals surface area contributed by atoms with Gasteiger partial charge in [0.2, 0.25) is 0 Å². The molecule has 17 heavy (non-hydrogen) atoms. The van der Waals surface area contributed by atoms with Crippen molar-refractivity contribution in [2.75, 3.05) is 5.32 Å². The lowest BCUT2D eigenvalue weighted by Gasteiger charge is -2.22. The van der Waals surface area contributed by atoms with Crippen LogP contribution in [0.3, 0.4) is 0 Å². The van der Waals surface area contributed by atoms with Crippen LogP contribution in [0.2, 0.25) is 0 Å². The summed E-state index contributed by atoms with van der Waals surface area (Å²) in [5, 5.41) is 3.01. The third-order valence-corrected chi connectivity index (χ3v) is 3.76. The molecule has 0 heterocycles. The highest BCUT2D eigenvalue weighted by Crippen LogP contribution is 2.31. The molecule has 1 unspecified atom stereocenters. The second kappa shape index (κ2) is 5.03. The summed E-state index contributed by atoms with van der Waals surface area (Å²) in [7, 11) is 0. The summed E-state index contributed by atoms with van der Waals surface area (Å²) in [6, 6.07) is 2.92. The first-order chi connectivity index (χ1) is 8.09. The molecule has 94 valence electrons. The van der Waals surface area contributed by atoms with Gasteiger partial charge >= 0.3 is 0 Å². The summed E-state index contributed by atoms with van der Waals surface area (Å²) in [5.74, 6) is -0.429. The van der Waals surface area contributed by atoms with E-state index in [-0.39, 0.29) is 11.7 Å². The number of nitrogens with one attached hydrogen (secondary N) is 1. The zero-order valence-electron chi connectivity index (χ0n) is 10.4. The second-order valence-electron chi connectivity index (χ2n) is 5.03. The number of hydrogen-bond donors (Lipinski definition) is 1. The van der Waals surface area contributed by atoms with Gasteiger partial charge in [-0.2, -0.15) is 0 Å². The van der Waals surface area contributed by atoms with Gasteiger partial charge in [0.25, 0.3) is 0 Å². The van der Waals surface area contributed by atoms with Gasteiger partial charge in [0.1, 0.15) is 11.5 Å². The molecule has 0 aliphatic heterocycles. The van der Waals surface area contributed by atoms with Gasteiger partial charge in [-0.05, 0) is 44.2 Å². The Kier molecular flexibility index (Phi) is 3.65. The topological polar surface area (TPSA) is 12.0 Å². The number of aryl methyl sites for hydroxylation is 1. The molecule has 0 bridgehead atoms. The van der Waals surface area contributed by atoms with Crippen molar-refractivity contribution < 1.29 is 8.78 Å². The summed E-state index contributed by atoms with van der Waals surface area (Å²) in [6.45, 7) is 3.66. The maximum Gasteiger partial charge on any atom is 0.152 e. The van der Waals surface area contributed by atoms with Gasteiger partial charge in [-0.25, -0.2) is 8.78 Å². The van der Waals surface area contributed by atoms with E-state index in [2.05, 4.69) is 5.32 Å². The fourth-order valence-electron chi connectivity index (χ4n) is 2.59. The van der Waals surface area contributed by atoms with Crippen LogP contribution in [0, 0.1) is 24.5 Å². The first kappa shape index (κ1) is 12.3. The molecule has 0 radical (unpaired) electrons. The van der Waals surface area contributed by atoms with Crippen molar-refractivity contribution in [2.24, 2.45) is 5.92 Å². The van der Waals surface area contributed by atoms with E-state index in [1.807, 2.05) is 6.92 Å². The SMILES string of the molecule is Cc1ccc(F)c(NC(C)C2CCCC2)c1F. The van der Waals surface area contributed by atoms with E-state index in [1.54, 1.807) is 6.92 Å². The average Bonchev–Trinajstić information content (AvgIpc) is 2.83. The largest absolute Gasteiger partial charge is 0.378 e. The smallest absolute Gasteiger partial charge is 0.152 e. The third-order valence-electron chi connectivity index (χ3n) is 3.76. The van der Waals surface area contributed by atoms with Crippen molar-refractivity contribution in [1.29, 1.82) is 0 Å². The number of benzene rings is 1. The quantitative estimate of drug-likeness (QED) is 0.830. The molecular formula is C14H19F2N. The summed E-state index contributed by atoms with van der Waals surface area (Å²) in [5.41, 5.74) is 0.511. The van der Waals surface area contributed by atoms with Crippen LogP contribution in [0.4, 0.5) is 14.5 Å². The van der Waals surface area contributed by atoms with Crippen LogP contribution < -0.4 is 5.32 Å². The molecule has 1 saturated carbocycles. The van der Waals surface area contributed by atoms with Crippen LogP contribution in [-0.4, -0.2) is 6.04 Å². The van der Waals surface area contributed by atoms with Crippen molar-refractivity contribution in [3.63, 3.8) is 0 Å². The average molecular weight is 239 g/mol. The van der Waals surface area contributed by atoms with Crippen LogP contribution in [0.5, 0.6) is 0 Å². The standard InChI is InChI=1S/C14H19F2N/c1-9-7-8-12(15)14(13(9)16)17-10(2)11-5-3-4-6-11/h7-8,10-11,17H,3-6H2,1-2H3. The zero-order chi connectivity index (χ0) is 12.4. The molecule has 0 spiro atoms. The van der Waals surface area contributed by atoms with E-state index < -0.39 is 11.6 Å². The molecule has 1 aromatic carbocycles. The van der Waals surface area contributed by atoms with Crippen molar-refractivity contribution in [1.82, 2.24) is 0 Å². The lowest BCUT2D eigenvalue weighted by molar-refractivity contribution is 0.475. The minimum absolute atomic E-state index is 0.0319. The highest BCUT2D eigenvalue weighted by atomic mass is 19.1. The highest BCUT2D eigenvalue weighted by Gasteiger charge is 2.23. The molecule has 1 aliphatic carbocycles. The van der Waals surface area contributed by atoms with Crippen LogP contribution in [0.25, 0.3) is 0 Å². The predicted molar refractivity (Wildman–Crippen MR) is 66.1 cm³/mol. The Morgan fingerprint density at radius 3 is 2.53 bits per heavy atom. The zero-order valence-corrected chi connectivity index (χ0v) is 10.4. The fourth-order valence-corrected chi connectivity index (χ4v) is 2.59. The van der Waals surface area contributed by atoms with Gasteiger partial charge in [-0.1, -0.05) is 18.9 Å². The van der Waals surface area contributed by atoms with Crippen molar-refractivity contribution in [3.8, 4) is 0 Å². The van der Waals surface area contributed by atoms with Gasteiger partial charge in [-0.3, -0.25) is 0 Å². The fraction of sp³-hybridized carbons (Fsp3) is 0.571. The lowest BCUT2D eigenvalue weighted by Crippen LogP contribution is -2.25. The normalized spacial score (nSPS) is 18.4. The van der Waals surface area contributed by atoms with E-state index >= 15 is 0 Å². The van der Waals surface area contributed by atoms with E-state index in [9.17, 15) is 8.78 Å². The van der Waals surface area contributed by atoms with E-state index in [4.69, 9.17) is 0 Å². The van der Waals surface area contributed by atoms with Gasteiger partial charge in [0, 0.05) is 6.04 Å². The molecule has 0 amide bonds. The lowest BCUT2D eigenvalue weighted by atomic mass is 9.99. The Labute approximate surface area is 101 Å². The number of anilines is 1. The molecule has 1 aromatic rings. The molecular weight excluding hydrogens is 220 g/mol. The summed E-state index contributed by atoms with van der Waals surface area (Å²) in [6.07, 6.45) is 4.78. The maximum absolute atomic E-state index is 13.8. The minimum Gasteiger partial charge on any atom is -0.378 e. The Hall–Kier alpha value is -1.12. The predicted octanol–water partition coefficient (Wildman–Crippen LogP) is 4.26. The van der Waals surface area contributed by atoms with Gasteiger partial charge < -0.3 is 5.32 Å². The molecule has 1 atom stereocenters. The number of hydrogen-bond acceptors (Lipinski definition) is 1. The first-order valence-corrected chi connectivity index (χ1v) is 6.30. The molecule has 1 N–H and O–H groups in total. The molecule has 3 heteroatoms. The van der Waals surface area contributed by atoms with Gasteiger partial charge in [-0.15, -0.1) is 0 Å². The molecule has 0 saturated heterocycles. The van der Waals surface area contributed by atoms with Crippen LogP contribution in [-0.2, 0) is 0 Å². The van der Waals surface area contributed by atoms with Crippen molar-refractivity contribution >= 4 is 5.69 Å². The van der Waals surface area contributed by atoms with E-state index in [0.717, 1.165) is 12.8 Å². The maximum atomic E-state index is 13.8. The van der Waals surface area contributed by atoms with Gasteiger partial charge in [0.15, 0.2) is 5.82 Å². The van der Waals surface area contributed by atoms with Crippen LogP contribution >= 0.6 is 0 Å². The highest BCUT2D eigenvalue weighted by molar-refractivity contribution is 5.49. The number of rotatable bonds is 3. The first-order valence-electron chi connectivity index (χ1n) is 6.30. The van der Waals surface area contributed by atoms with Gasteiger partial charge in [0.05, 0.1) is 0 Å². The summed E-state index contributed by atoms with van der Waals surface area (Å²) in [4.78, 5) is 0. The monoisotopic (exact) mass is 239 g/mol. The molecule has 1 nitrogen and oxygen atoms in total. The van der Waals surface area contributed by atoms with Crippen LogP contribution in [0.1, 0.15) is 38.2 Å². The Balaban J connectivity index is 2.14. The molecule has 2 rings (SSSR count). The van der Waals surface area contributed by atoms with Crippen molar-refractivity contribution in [3.05, 3.63) is 29.3 Å². The van der Waals surface area contributed by atoms with E-state index in [1.165, 1.54) is 25.0 Å². The Morgan fingerprint density at radius 1 is 1.24 bits per heavy atom. The molecule has 1 fully saturated rings. The Bertz CT molecular complexity index is 397. The second-order valence-corrected chi connectivity index (χ2v) is 5.03. The van der Waals surface area contributed by atoms with Crippen molar-refractivity contribution in [2.45, 2.75) is 45.6 Å². The number of halogens is 2. The minimum atomic E-state index is -0.502. The summed E-state index contributed by atoms with van der Waals surface area (Å²) < 4.78 is 27.4. The molecule has 0 aromatic heterocycles. The van der Waals surface area contributed by atoms with Crippen LogP contribution in [0.15, 0.2) is 12.1 Å².